The monoisotopic (exact) mass is 226 g/mol. The van der Waals surface area contributed by atoms with Crippen LogP contribution in [0.4, 0.5) is 4.39 Å². The number of aliphatic hydroxyl groups excluding tert-OH is 1. The molecule has 16 heavy (non-hydrogen) atoms. The van der Waals surface area contributed by atoms with E-state index >= 15 is 0 Å². The van der Waals surface area contributed by atoms with Gasteiger partial charge in [-0.05, 0) is 38.5 Å². The maximum atomic E-state index is 12.7. The summed E-state index contributed by atoms with van der Waals surface area (Å²) in [6.45, 7) is 6.16. The van der Waals surface area contributed by atoms with Gasteiger partial charge in [0.25, 0.3) is 0 Å². The first kappa shape index (κ1) is 13.1. The molecule has 0 aliphatic heterocycles. The molecule has 0 bridgehead atoms. The number of rotatable bonds is 5. The van der Waals surface area contributed by atoms with Crippen LogP contribution in [0.15, 0.2) is 24.3 Å². The quantitative estimate of drug-likeness (QED) is 0.836. The van der Waals surface area contributed by atoms with Crippen molar-refractivity contribution in [3.05, 3.63) is 35.6 Å². The second-order valence-electron chi connectivity index (χ2n) is 4.38. The van der Waals surface area contributed by atoms with Crippen molar-refractivity contribution in [1.29, 1.82) is 0 Å². The van der Waals surface area contributed by atoms with Crippen molar-refractivity contribution in [3.8, 4) is 0 Å². The lowest BCUT2D eigenvalue weighted by Gasteiger charge is -2.30. The Morgan fingerprint density at radius 1 is 1.31 bits per heavy atom. The third-order valence-corrected chi connectivity index (χ3v) is 2.66. The fraction of sp³-hybridized carbons (Fsp3) is 0.538. The Hall–Kier alpha value is -0.930. The van der Waals surface area contributed by atoms with Crippen LogP contribution in [-0.4, -0.2) is 23.4 Å². The number of ether oxygens (including phenoxy) is 1. The van der Waals surface area contributed by atoms with E-state index in [0.29, 0.717) is 13.0 Å². The van der Waals surface area contributed by atoms with Crippen LogP contribution in [0.25, 0.3) is 0 Å². The zero-order valence-corrected chi connectivity index (χ0v) is 10.0. The van der Waals surface area contributed by atoms with Gasteiger partial charge in [-0.2, -0.15) is 0 Å². The van der Waals surface area contributed by atoms with Gasteiger partial charge in [0.2, 0.25) is 0 Å². The standard InChI is InChI=1S/C13H19FO2/c1-4-16-13(2,3)12(15)9-10-5-7-11(14)8-6-10/h5-8,12,15H,4,9H2,1-3H3. The minimum atomic E-state index is -0.599. The summed E-state index contributed by atoms with van der Waals surface area (Å²) in [7, 11) is 0. The van der Waals surface area contributed by atoms with Gasteiger partial charge >= 0.3 is 0 Å². The van der Waals surface area contributed by atoms with E-state index in [-0.39, 0.29) is 5.82 Å². The van der Waals surface area contributed by atoms with Crippen LogP contribution >= 0.6 is 0 Å². The summed E-state index contributed by atoms with van der Waals surface area (Å²) < 4.78 is 18.2. The molecular weight excluding hydrogens is 207 g/mol. The molecular formula is C13H19FO2. The van der Waals surface area contributed by atoms with Gasteiger partial charge in [0.15, 0.2) is 0 Å². The van der Waals surface area contributed by atoms with E-state index in [1.54, 1.807) is 12.1 Å². The Morgan fingerprint density at radius 3 is 2.38 bits per heavy atom. The number of halogens is 1. The van der Waals surface area contributed by atoms with Gasteiger partial charge < -0.3 is 9.84 Å². The van der Waals surface area contributed by atoms with E-state index < -0.39 is 11.7 Å². The van der Waals surface area contributed by atoms with Gasteiger partial charge in [0.1, 0.15) is 5.82 Å². The topological polar surface area (TPSA) is 29.5 Å². The molecule has 1 N–H and O–H groups in total. The second kappa shape index (κ2) is 5.41. The SMILES string of the molecule is CCOC(C)(C)C(O)Cc1ccc(F)cc1. The Bertz CT molecular complexity index is 319. The normalized spacial score (nSPS) is 13.8. The summed E-state index contributed by atoms with van der Waals surface area (Å²) >= 11 is 0. The molecule has 1 unspecified atom stereocenters. The van der Waals surface area contributed by atoms with Crippen LogP contribution in [0.1, 0.15) is 26.3 Å². The van der Waals surface area contributed by atoms with Crippen LogP contribution in [-0.2, 0) is 11.2 Å². The van der Waals surface area contributed by atoms with Crippen LogP contribution in [0, 0.1) is 5.82 Å². The van der Waals surface area contributed by atoms with Gasteiger partial charge in [-0.15, -0.1) is 0 Å². The molecule has 1 aromatic rings. The highest BCUT2D eigenvalue weighted by Crippen LogP contribution is 2.18. The summed E-state index contributed by atoms with van der Waals surface area (Å²) in [5.74, 6) is -0.262. The van der Waals surface area contributed by atoms with E-state index in [4.69, 9.17) is 4.74 Å². The van der Waals surface area contributed by atoms with Gasteiger partial charge in [0, 0.05) is 13.0 Å². The zero-order chi connectivity index (χ0) is 12.2. The minimum Gasteiger partial charge on any atom is -0.390 e. The molecule has 0 amide bonds. The first-order chi connectivity index (χ1) is 7.45. The van der Waals surface area contributed by atoms with E-state index in [0.717, 1.165) is 5.56 Å². The number of aliphatic hydroxyl groups is 1. The highest BCUT2D eigenvalue weighted by molar-refractivity contribution is 5.17. The fourth-order valence-corrected chi connectivity index (χ4v) is 1.56. The first-order valence-corrected chi connectivity index (χ1v) is 5.52. The Kier molecular flexibility index (Phi) is 4.44. The largest absolute Gasteiger partial charge is 0.390 e. The predicted molar refractivity (Wildman–Crippen MR) is 61.8 cm³/mol. The Balaban J connectivity index is 2.63. The lowest BCUT2D eigenvalue weighted by molar-refractivity contribution is -0.0955. The molecule has 2 nitrogen and oxygen atoms in total. The fourth-order valence-electron chi connectivity index (χ4n) is 1.56. The van der Waals surface area contributed by atoms with Crippen molar-refractivity contribution in [2.75, 3.05) is 6.61 Å². The molecule has 0 aliphatic carbocycles. The van der Waals surface area contributed by atoms with Gasteiger partial charge in [-0.1, -0.05) is 12.1 Å². The molecule has 1 rings (SSSR count). The summed E-state index contributed by atoms with van der Waals surface area (Å²) in [6.07, 6.45) is -0.134. The number of benzene rings is 1. The molecule has 0 aromatic heterocycles. The summed E-state index contributed by atoms with van der Waals surface area (Å²) in [5.41, 5.74) is 0.324. The van der Waals surface area contributed by atoms with E-state index in [1.807, 2.05) is 20.8 Å². The molecule has 3 heteroatoms. The molecule has 0 saturated heterocycles. The van der Waals surface area contributed by atoms with E-state index in [2.05, 4.69) is 0 Å². The summed E-state index contributed by atoms with van der Waals surface area (Å²) in [6, 6.07) is 6.16. The lowest BCUT2D eigenvalue weighted by atomic mass is 9.95. The van der Waals surface area contributed by atoms with Crippen LogP contribution in [0.5, 0.6) is 0 Å². The molecule has 1 atom stereocenters. The highest BCUT2D eigenvalue weighted by atomic mass is 19.1. The summed E-state index contributed by atoms with van der Waals surface area (Å²) in [4.78, 5) is 0. The highest BCUT2D eigenvalue weighted by Gasteiger charge is 2.28. The first-order valence-electron chi connectivity index (χ1n) is 5.52. The molecule has 1 aromatic carbocycles. The molecule has 0 spiro atoms. The van der Waals surface area contributed by atoms with E-state index in [1.165, 1.54) is 12.1 Å². The van der Waals surface area contributed by atoms with Gasteiger partial charge in [0.05, 0.1) is 11.7 Å². The van der Waals surface area contributed by atoms with Gasteiger partial charge in [-0.25, -0.2) is 4.39 Å². The Morgan fingerprint density at radius 2 is 1.88 bits per heavy atom. The lowest BCUT2D eigenvalue weighted by Crippen LogP contribution is -2.40. The third kappa shape index (κ3) is 3.58. The van der Waals surface area contributed by atoms with Gasteiger partial charge in [-0.3, -0.25) is 0 Å². The van der Waals surface area contributed by atoms with Crippen LogP contribution in [0.2, 0.25) is 0 Å². The van der Waals surface area contributed by atoms with Crippen LogP contribution in [0.3, 0.4) is 0 Å². The van der Waals surface area contributed by atoms with Crippen molar-refractivity contribution < 1.29 is 14.2 Å². The zero-order valence-electron chi connectivity index (χ0n) is 10.0. The van der Waals surface area contributed by atoms with Crippen molar-refractivity contribution in [1.82, 2.24) is 0 Å². The maximum absolute atomic E-state index is 12.7. The average Bonchev–Trinajstić information content (AvgIpc) is 2.21. The number of hydrogen-bond donors (Lipinski definition) is 1. The summed E-state index contributed by atoms with van der Waals surface area (Å²) in [5, 5.41) is 10.0. The second-order valence-corrected chi connectivity index (χ2v) is 4.38. The average molecular weight is 226 g/mol. The third-order valence-electron chi connectivity index (χ3n) is 2.66. The molecule has 0 fully saturated rings. The van der Waals surface area contributed by atoms with Crippen molar-refractivity contribution in [2.45, 2.75) is 38.9 Å². The molecule has 0 aliphatic rings. The minimum absolute atomic E-state index is 0.262. The van der Waals surface area contributed by atoms with Crippen LogP contribution < -0.4 is 0 Å². The van der Waals surface area contributed by atoms with Crippen molar-refractivity contribution in [2.24, 2.45) is 0 Å². The maximum Gasteiger partial charge on any atom is 0.123 e. The van der Waals surface area contributed by atoms with Crippen molar-refractivity contribution in [3.63, 3.8) is 0 Å². The molecule has 0 radical (unpaired) electrons. The van der Waals surface area contributed by atoms with Crippen molar-refractivity contribution >= 4 is 0 Å². The Labute approximate surface area is 96.1 Å². The molecule has 90 valence electrons. The predicted octanol–water partition coefficient (Wildman–Crippen LogP) is 2.54. The van der Waals surface area contributed by atoms with E-state index in [9.17, 15) is 9.50 Å². The smallest absolute Gasteiger partial charge is 0.123 e. The number of hydrogen-bond acceptors (Lipinski definition) is 2. The molecule has 0 heterocycles. The molecule has 0 saturated carbocycles.